The average molecular weight is 290 g/mol. The standard InChI is InChI=1S/C20H35N/c1-2-3-4-5-7-10-14-19-16-13-17-20(19)15-11-8-6-9-12-18-21/h10,14,19-20H,2-9,11-13,15-17H2,1H3/t19-,20-/m0/s1. The van der Waals surface area contributed by atoms with Gasteiger partial charge in [-0.15, -0.1) is 0 Å². The summed E-state index contributed by atoms with van der Waals surface area (Å²) in [4.78, 5) is 0. The van der Waals surface area contributed by atoms with Crippen molar-refractivity contribution in [2.75, 3.05) is 0 Å². The van der Waals surface area contributed by atoms with Crippen LogP contribution in [0.1, 0.15) is 96.8 Å². The van der Waals surface area contributed by atoms with Crippen LogP contribution in [0.4, 0.5) is 0 Å². The first-order valence-electron chi connectivity index (χ1n) is 9.42. The number of nitrogens with zero attached hydrogens (tertiary/aromatic N) is 1. The monoisotopic (exact) mass is 289 g/mol. The van der Waals surface area contributed by atoms with Crippen LogP contribution in [0.15, 0.2) is 12.2 Å². The molecule has 0 spiro atoms. The maximum Gasteiger partial charge on any atom is 0.0621 e. The summed E-state index contributed by atoms with van der Waals surface area (Å²) in [5.41, 5.74) is 0. The molecule has 1 heteroatoms. The normalized spacial score (nSPS) is 21.9. The lowest BCUT2D eigenvalue weighted by molar-refractivity contribution is 0.403. The Morgan fingerprint density at radius 1 is 1.00 bits per heavy atom. The number of hydrogen-bond donors (Lipinski definition) is 0. The summed E-state index contributed by atoms with van der Waals surface area (Å²) in [7, 11) is 0. The Hall–Kier alpha value is -0.770. The Bertz CT molecular complexity index is 299. The average Bonchev–Trinajstić information content (AvgIpc) is 2.94. The number of unbranched alkanes of at least 4 members (excludes halogenated alkanes) is 8. The van der Waals surface area contributed by atoms with E-state index in [-0.39, 0.29) is 0 Å². The Kier molecular flexibility index (Phi) is 11.3. The van der Waals surface area contributed by atoms with Crippen LogP contribution >= 0.6 is 0 Å². The van der Waals surface area contributed by atoms with Gasteiger partial charge in [-0.1, -0.05) is 64.0 Å². The number of rotatable bonds is 12. The van der Waals surface area contributed by atoms with Crippen LogP contribution in [-0.2, 0) is 0 Å². The highest BCUT2D eigenvalue weighted by molar-refractivity contribution is 4.94. The molecule has 0 aliphatic heterocycles. The van der Waals surface area contributed by atoms with Gasteiger partial charge in [-0.3, -0.25) is 0 Å². The van der Waals surface area contributed by atoms with Gasteiger partial charge in [0.15, 0.2) is 0 Å². The molecule has 1 nitrogen and oxygen atoms in total. The lowest BCUT2D eigenvalue weighted by Gasteiger charge is -2.16. The van der Waals surface area contributed by atoms with Crippen molar-refractivity contribution in [3.8, 4) is 6.07 Å². The number of hydrogen-bond acceptors (Lipinski definition) is 1. The molecule has 0 amide bonds. The second-order valence-electron chi connectivity index (χ2n) is 6.74. The van der Waals surface area contributed by atoms with Crippen molar-refractivity contribution in [3.05, 3.63) is 12.2 Å². The van der Waals surface area contributed by atoms with Gasteiger partial charge in [-0.2, -0.15) is 5.26 Å². The molecule has 1 aliphatic carbocycles. The molecule has 21 heavy (non-hydrogen) atoms. The van der Waals surface area contributed by atoms with E-state index in [0.29, 0.717) is 0 Å². The quantitative estimate of drug-likeness (QED) is 0.286. The van der Waals surface area contributed by atoms with E-state index in [1.807, 2.05) is 0 Å². The van der Waals surface area contributed by atoms with E-state index in [9.17, 15) is 0 Å². The summed E-state index contributed by atoms with van der Waals surface area (Å²) in [5.74, 6) is 1.82. The van der Waals surface area contributed by atoms with E-state index in [2.05, 4.69) is 25.1 Å². The molecule has 0 bridgehead atoms. The largest absolute Gasteiger partial charge is 0.198 e. The molecular formula is C20H35N. The second kappa shape index (κ2) is 12.9. The maximum absolute atomic E-state index is 8.52. The van der Waals surface area contributed by atoms with Crippen LogP contribution in [0.3, 0.4) is 0 Å². The lowest BCUT2D eigenvalue weighted by atomic mass is 9.90. The van der Waals surface area contributed by atoms with Crippen LogP contribution < -0.4 is 0 Å². The molecule has 0 heterocycles. The highest BCUT2D eigenvalue weighted by atomic mass is 14.3. The SMILES string of the molecule is CCCCCCC=C[C@H]1CCC[C@@H]1CCCCCCC#N. The third-order valence-electron chi connectivity index (χ3n) is 4.94. The van der Waals surface area contributed by atoms with Gasteiger partial charge in [-0.25, -0.2) is 0 Å². The summed E-state index contributed by atoms with van der Waals surface area (Å²) in [6.45, 7) is 2.28. The van der Waals surface area contributed by atoms with Gasteiger partial charge in [0.2, 0.25) is 0 Å². The Morgan fingerprint density at radius 3 is 2.62 bits per heavy atom. The molecule has 0 radical (unpaired) electrons. The minimum Gasteiger partial charge on any atom is -0.198 e. The third kappa shape index (κ3) is 8.97. The molecule has 1 fully saturated rings. The fourth-order valence-electron chi connectivity index (χ4n) is 3.60. The minimum atomic E-state index is 0.743. The predicted molar refractivity (Wildman–Crippen MR) is 92.0 cm³/mol. The van der Waals surface area contributed by atoms with Crippen LogP contribution in [-0.4, -0.2) is 0 Å². The molecule has 120 valence electrons. The first-order valence-corrected chi connectivity index (χ1v) is 9.42. The van der Waals surface area contributed by atoms with Gasteiger partial charge in [0.1, 0.15) is 0 Å². The topological polar surface area (TPSA) is 23.8 Å². The van der Waals surface area contributed by atoms with E-state index in [1.54, 1.807) is 0 Å². The Balaban J connectivity index is 2.07. The smallest absolute Gasteiger partial charge is 0.0621 e. The van der Waals surface area contributed by atoms with E-state index in [4.69, 9.17) is 5.26 Å². The van der Waals surface area contributed by atoms with Gasteiger partial charge in [0, 0.05) is 6.42 Å². The van der Waals surface area contributed by atoms with E-state index in [0.717, 1.165) is 24.7 Å². The van der Waals surface area contributed by atoms with Gasteiger partial charge in [0.25, 0.3) is 0 Å². The highest BCUT2D eigenvalue weighted by Crippen LogP contribution is 2.36. The molecule has 0 saturated heterocycles. The van der Waals surface area contributed by atoms with Crippen LogP contribution in [0.25, 0.3) is 0 Å². The first kappa shape index (κ1) is 18.3. The fraction of sp³-hybridized carbons (Fsp3) is 0.850. The predicted octanol–water partition coefficient (Wildman–Crippen LogP) is 6.79. The zero-order valence-corrected chi connectivity index (χ0v) is 14.2. The number of nitriles is 1. The van der Waals surface area contributed by atoms with Crippen LogP contribution in [0, 0.1) is 23.2 Å². The van der Waals surface area contributed by atoms with Crippen molar-refractivity contribution in [2.45, 2.75) is 96.8 Å². The van der Waals surface area contributed by atoms with E-state index in [1.165, 1.54) is 77.0 Å². The zero-order chi connectivity index (χ0) is 15.2. The van der Waals surface area contributed by atoms with Crippen molar-refractivity contribution >= 4 is 0 Å². The first-order chi connectivity index (χ1) is 10.4. The molecule has 0 aromatic heterocycles. The zero-order valence-electron chi connectivity index (χ0n) is 14.2. The summed E-state index contributed by atoms with van der Waals surface area (Å²) in [5, 5.41) is 8.52. The summed E-state index contributed by atoms with van der Waals surface area (Å²) in [6, 6.07) is 2.24. The molecule has 1 rings (SSSR count). The maximum atomic E-state index is 8.52. The van der Waals surface area contributed by atoms with E-state index >= 15 is 0 Å². The van der Waals surface area contributed by atoms with Crippen LogP contribution in [0.2, 0.25) is 0 Å². The Labute approximate surface area is 132 Å². The van der Waals surface area contributed by atoms with Gasteiger partial charge in [-0.05, 0) is 50.4 Å². The van der Waals surface area contributed by atoms with Gasteiger partial charge < -0.3 is 0 Å². The van der Waals surface area contributed by atoms with E-state index < -0.39 is 0 Å². The molecule has 1 saturated carbocycles. The summed E-state index contributed by atoms with van der Waals surface area (Å²) >= 11 is 0. The molecule has 0 aromatic carbocycles. The fourth-order valence-corrected chi connectivity index (χ4v) is 3.60. The molecule has 0 aromatic rings. The molecule has 2 atom stereocenters. The highest BCUT2D eigenvalue weighted by Gasteiger charge is 2.24. The van der Waals surface area contributed by atoms with Crippen molar-refractivity contribution < 1.29 is 0 Å². The van der Waals surface area contributed by atoms with Crippen LogP contribution in [0.5, 0.6) is 0 Å². The number of allylic oxidation sites excluding steroid dienone is 2. The van der Waals surface area contributed by atoms with Crippen molar-refractivity contribution in [1.82, 2.24) is 0 Å². The molecule has 1 aliphatic rings. The second-order valence-corrected chi connectivity index (χ2v) is 6.74. The molecular weight excluding hydrogens is 254 g/mol. The third-order valence-corrected chi connectivity index (χ3v) is 4.94. The summed E-state index contributed by atoms with van der Waals surface area (Å²) in [6.07, 6.45) is 23.3. The van der Waals surface area contributed by atoms with Gasteiger partial charge >= 0.3 is 0 Å². The Morgan fingerprint density at radius 2 is 1.81 bits per heavy atom. The molecule has 0 unspecified atom stereocenters. The van der Waals surface area contributed by atoms with Gasteiger partial charge in [0.05, 0.1) is 6.07 Å². The molecule has 0 N–H and O–H groups in total. The van der Waals surface area contributed by atoms with Crippen molar-refractivity contribution in [2.24, 2.45) is 11.8 Å². The van der Waals surface area contributed by atoms with Crippen molar-refractivity contribution in [3.63, 3.8) is 0 Å². The lowest BCUT2D eigenvalue weighted by Crippen LogP contribution is -2.05. The summed E-state index contributed by atoms with van der Waals surface area (Å²) < 4.78 is 0. The minimum absolute atomic E-state index is 0.743. The van der Waals surface area contributed by atoms with Crippen molar-refractivity contribution in [1.29, 1.82) is 5.26 Å².